The fourth-order valence-corrected chi connectivity index (χ4v) is 13.7. The third-order valence-corrected chi connectivity index (χ3v) is 16.2. The van der Waals surface area contributed by atoms with Crippen LogP contribution in [0.25, 0.3) is 0 Å². The minimum atomic E-state index is 0.268. The maximum absolute atomic E-state index is 5.04. The maximum atomic E-state index is 5.04. The summed E-state index contributed by atoms with van der Waals surface area (Å²) in [5.41, 5.74) is 10.4. The topological polar surface area (TPSA) is 6.48 Å². The third kappa shape index (κ3) is 4.83. The summed E-state index contributed by atoms with van der Waals surface area (Å²) in [7, 11) is 5.67. The van der Waals surface area contributed by atoms with Crippen molar-refractivity contribution < 1.29 is 0 Å². The number of piperidine rings is 2. The predicted molar refractivity (Wildman–Crippen MR) is 198 cm³/mol. The van der Waals surface area contributed by atoms with Crippen molar-refractivity contribution in [1.29, 1.82) is 0 Å². The number of likely N-dealkylation sites (tertiary alicyclic amines) is 2. The van der Waals surface area contributed by atoms with Gasteiger partial charge in [0.05, 0.1) is 0 Å². The summed E-state index contributed by atoms with van der Waals surface area (Å²) in [5.74, 6) is 3.11. The molecule has 7 rings (SSSR count). The predicted octanol–water partition coefficient (Wildman–Crippen LogP) is 8.35. The Labute approximate surface area is 281 Å². The highest BCUT2D eigenvalue weighted by atomic mass is 32.1. The number of likely N-dealkylation sites (N-methyl/N-ethyl adjacent to an activating group) is 2. The summed E-state index contributed by atoms with van der Waals surface area (Å²) < 4.78 is 0. The van der Waals surface area contributed by atoms with E-state index in [0.29, 0.717) is 41.7 Å². The van der Waals surface area contributed by atoms with Crippen molar-refractivity contribution in [3.63, 3.8) is 0 Å². The second kappa shape index (κ2) is 12.3. The van der Waals surface area contributed by atoms with Crippen molar-refractivity contribution in [3.8, 4) is 0 Å². The zero-order valence-corrected chi connectivity index (χ0v) is 30.5. The zero-order chi connectivity index (χ0) is 31.7. The average molecular weight is 641 g/mol. The molecule has 45 heavy (non-hydrogen) atoms. The third-order valence-electron chi connectivity index (χ3n) is 14.2. The van der Waals surface area contributed by atoms with E-state index >= 15 is 0 Å². The molecule has 1 spiro atoms. The van der Waals surface area contributed by atoms with Crippen LogP contribution in [0.15, 0.2) is 60.5 Å². The van der Waals surface area contributed by atoms with Crippen molar-refractivity contribution >= 4 is 21.2 Å². The number of aryl methyl sites for hydroxylation is 1. The lowest BCUT2D eigenvalue weighted by Gasteiger charge is -2.57. The molecule has 2 saturated heterocycles. The molecule has 242 valence electrons. The quantitative estimate of drug-likeness (QED) is 0.158. The van der Waals surface area contributed by atoms with Crippen LogP contribution in [0.2, 0.25) is 0 Å². The first-order chi connectivity index (χ1) is 21.7. The second-order valence-electron chi connectivity index (χ2n) is 15.7. The number of fused-ring (bicyclic) bond motifs is 5. The maximum Gasteiger partial charge on any atom is 0.0167 e. The number of benzene rings is 2. The molecular formula is C41H57N2PS. The second-order valence-corrected chi connectivity index (χ2v) is 17.5. The molecule has 2 fully saturated rings. The highest BCUT2D eigenvalue weighted by molar-refractivity contribution is 7.80. The minimum Gasteiger partial charge on any atom is -0.303 e. The van der Waals surface area contributed by atoms with E-state index in [9.17, 15) is 0 Å². The molecular weight excluding hydrogens is 584 g/mol. The van der Waals surface area contributed by atoms with Gasteiger partial charge in [0, 0.05) is 27.8 Å². The molecule has 3 aliphatic carbocycles. The molecule has 4 bridgehead atoms. The number of allylic oxidation sites excluding steroid dienone is 2. The summed E-state index contributed by atoms with van der Waals surface area (Å²) in [6.45, 7) is 18.9. The molecule has 5 aliphatic rings. The summed E-state index contributed by atoms with van der Waals surface area (Å²) >= 11 is 5.04. The van der Waals surface area contributed by atoms with Gasteiger partial charge in [0.15, 0.2) is 0 Å². The van der Waals surface area contributed by atoms with Gasteiger partial charge >= 0.3 is 0 Å². The SMILES string of the molecule is C=CC(CPC[C@@H](C=C)CC12CCN(C)C(Cc3cccc(CC)c31)C2C)C1Cc2c(S)ccc3c2[C@@]12CCN(C)[C@H](C3)C2C. The molecule has 7 unspecified atom stereocenters. The molecule has 0 saturated carbocycles. The van der Waals surface area contributed by atoms with E-state index in [1.54, 1.807) is 33.4 Å². The number of thiol groups is 1. The van der Waals surface area contributed by atoms with Crippen molar-refractivity contribution in [1.82, 2.24) is 9.80 Å². The Morgan fingerprint density at radius 2 is 1.62 bits per heavy atom. The lowest BCUT2D eigenvalue weighted by Crippen LogP contribution is -2.60. The summed E-state index contributed by atoms with van der Waals surface area (Å²) in [6, 6.07) is 13.2. The Morgan fingerprint density at radius 3 is 2.33 bits per heavy atom. The van der Waals surface area contributed by atoms with Crippen LogP contribution in [0.1, 0.15) is 73.4 Å². The van der Waals surface area contributed by atoms with Gasteiger partial charge in [0.25, 0.3) is 0 Å². The molecule has 0 radical (unpaired) electrons. The lowest BCUT2D eigenvalue weighted by atomic mass is 9.53. The molecule has 0 aromatic heterocycles. The van der Waals surface area contributed by atoms with Crippen molar-refractivity contribution in [2.24, 2.45) is 29.6 Å². The van der Waals surface area contributed by atoms with Gasteiger partial charge in [-0.1, -0.05) is 57.2 Å². The molecule has 4 heteroatoms. The van der Waals surface area contributed by atoms with Gasteiger partial charge < -0.3 is 9.80 Å². The molecule has 0 amide bonds. The normalized spacial score (nSPS) is 35.2. The van der Waals surface area contributed by atoms with Crippen LogP contribution in [0.5, 0.6) is 0 Å². The van der Waals surface area contributed by atoms with Gasteiger partial charge in [-0.25, -0.2) is 0 Å². The molecule has 2 aliphatic heterocycles. The van der Waals surface area contributed by atoms with Crippen molar-refractivity contribution in [2.75, 3.05) is 39.5 Å². The van der Waals surface area contributed by atoms with Gasteiger partial charge in [-0.3, -0.25) is 0 Å². The fourth-order valence-electron chi connectivity index (χ4n) is 11.8. The van der Waals surface area contributed by atoms with Crippen LogP contribution in [0.3, 0.4) is 0 Å². The molecule has 0 N–H and O–H groups in total. The van der Waals surface area contributed by atoms with Crippen LogP contribution in [-0.4, -0.2) is 61.4 Å². The van der Waals surface area contributed by atoms with Crippen LogP contribution >= 0.6 is 21.2 Å². The van der Waals surface area contributed by atoms with E-state index < -0.39 is 0 Å². The summed E-state index contributed by atoms with van der Waals surface area (Å²) in [6.07, 6.45) is 15.8. The summed E-state index contributed by atoms with van der Waals surface area (Å²) in [4.78, 5) is 6.54. The Kier molecular flexibility index (Phi) is 8.76. The summed E-state index contributed by atoms with van der Waals surface area (Å²) in [5, 5.41) is 0. The van der Waals surface area contributed by atoms with Gasteiger partial charge in [-0.05, 0) is 153 Å². The number of hydrogen-bond acceptors (Lipinski definition) is 3. The Hall–Kier alpha value is -1.38. The molecule has 2 heterocycles. The van der Waals surface area contributed by atoms with E-state index in [-0.39, 0.29) is 10.8 Å². The van der Waals surface area contributed by atoms with E-state index in [1.807, 2.05) is 0 Å². The Morgan fingerprint density at radius 1 is 0.911 bits per heavy atom. The first kappa shape index (κ1) is 32.2. The average Bonchev–Trinajstić information content (AvgIpc) is 3.39. The molecule has 2 aromatic rings. The lowest BCUT2D eigenvalue weighted by molar-refractivity contribution is 0.00629. The van der Waals surface area contributed by atoms with E-state index in [4.69, 9.17) is 12.6 Å². The van der Waals surface area contributed by atoms with Gasteiger partial charge in [0.1, 0.15) is 0 Å². The van der Waals surface area contributed by atoms with E-state index in [2.05, 4.69) is 100 Å². The molecule has 10 atom stereocenters. The standard InChI is InChI=1S/C41H57N2PS/c1-8-28(23-40-16-18-42(6)35(26(40)4)20-31-13-11-12-29(9-2)38(31)40)24-44-25-30(10-3)34-22-33-37(45)15-14-32-21-36-27(5)41(34,39(32)33)17-19-43(36)7/h8,10-15,26-28,30,34-36,44-45H,1,3,9,16-25H2,2,4-7H3/t26?,27?,28-,30?,34?,35?,36+,40?,41+/m0/s1. The molecule has 2 aromatic carbocycles. The highest BCUT2D eigenvalue weighted by Gasteiger charge is 2.59. The first-order valence-corrected chi connectivity index (χ1v) is 19.9. The Bertz CT molecular complexity index is 1470. The smallest absolute Gasteiger partial charge is 0.0167 e. The first-order valence-electron chi connectivity index (χ1n) is 18.0. The van der Waals surface area contributed by atoms with Crippen LogP contribution in [0.4, 0.5) is 0 Å². The van der Waals surface area contributed by atoms with Gasteiger partial charge in [-0.2, -0.15) is 0 Å². The number of nitrogens with zero attached hydrogens (tertiary/aromatic N) is 2. The van der Waals surface area contributed by atoms with Crippen LogP contribution < -0.4 is 0 Å². The van der Waals surface area contributed by atoms with E-state index in [1.165, 1.54) is 68.8 Å². The van der Waals surface area contributed by atoms with Crippen molar-refractivity contribution in [3.05, 3.63) is 89.0 Å². The fraction of sp³-hybridized carbons (Fsp3) is 0.610. The van der Waals surface area contributed by atoms with Gasteiger partial charge in [-0.15, -0.1) is 34.4 Å². The Balaban J connectivity index is 1.12. The largest absolute Gasteiger partial charge is 0.303 e. The van der Waals surface area contributed by atoms with Crippen LogP contribution in [-0.2, 0) is 36.5 Å². The minimum absolute atomic E-state index is 0.268. The molecule has 2 nitrogen and oxygen atoms in total. The van der Waals surface area contributed by atoms with E-state index in [0.717, 1.165) is 15.0 Å². The van der Waals surface area contributed by atoms with Gasteiger partial charge in [0.2, 0.25) is 0 Å². The number of hydrogen-bond donors (Lipinski definition) is 1. The zero-order valence-electron chi connectivity index (χ0n) is 28.6. The number of rotatable bonds is 10. The monoisotopic (exact) mass is 640 g/mol. The van der Waals surface area contributed by atoms with Crippen LogP contribution in [0, 0.1) is 29.6 Å². The van der Waals surface area contributed by atoms with Crippen molar-refractivity contribution in [2.45, 2.75) is 93.5 Å². The highest BCUT2D eigenvalue weighted by Crippen LogP contribution is 2.61.